The maximum atomic E-state index is 12.0. The highest BCUT2D eigenvalue weighted by Crippen LogP contribution is 2.25. The van der Waals surface area contributed by atoms with Crippen LogP contribution < -0.4 is 5.32 Å². The van der Waals surface area contributed by atoms with Crippen LogP contribution in [0.3, 0.4) is 0 Å². The first kappa shape index (κ1) is 15.2. The third-order valence-electron chi connectivity index (χ3n) is 4.24. The van der Waals surface area contributed by atoms with Crippen LogP contribution in [0.25, 0.3) is 0 Å². The number of aromatic nitrogens is 1. The predicted octanol–water partition coefficient (Wildman–Crippen LogP) is 3.85. The third kappa shape index (κ3) is 3.95. The van der Waals surface area contributed by atoms with Crippen LogP contribution in [0.1, 0.15) is 46.7 Å². The first-order chi connectivity index (χ1) is 10.7. The molecule has 1 heterocycles. The van der Waals surface area contributed by atoms with E-state index in [-0.39, 0.29) is 11.8 Å². The Morgan fingerprint density at radius 2 is 2.00 bits per heavy atom. The fraction of sp³-hybridized carbons (Fsp3) is 0.444. The van der Waals surface area contributed by atoms with Crippen LogP contribution in [0.15, 0.2) is 30.5 Å². The second kappa shape index (κ2) is 7.05. The molecule has 0 unspecified atom stereocenters. The van der Waals surface area contributed by atoms with Crippen molar-refractivity contribution in [2.24, 2.45) is 5.92 Å². The summed E-state index contributed by atoms with van der Waals surface area (Å²) in [6.07, 6.45) is 7.31. The maximum absolute atomic E-state index is 12.0. The summed E-state index contributed by atoms with van der Waals surface area (Å²) in [5.74, 6) is 0.430. The molecule has 0 aliphatic heterocycles. The highest BCUT2D eigenvalue weighted by molar-refractivity contribution is 7.11. The van der Waals surface area contributed by atoms with E-state index >= 15 is 0 Å². The fourth-order valence-corrected chi connectivity index (χ4v) is 3.81. The zero-order valence-electron chi connectivity index (χ0n) is 13.0. The Labute approximate surface area is 135 Å². The molecule has 1 aromatic carbocycles. The second-order valence-corrected chi connectivity index (χ2v) is 7.28. The zero-order valence-corrected chi connectivity index (χ0v) is 13.8. The minimum atomic E-state index is 0.202. The number of aryl methyl sites for hydroxylation is 1. The Hall–Kier alpha value is -1.68. The molecule has 22 heavy (non-hydrogen) atoms. The van der Waals surface area contributed by atoms with Gasteiger partial charge in [0.05, 0.1) is 6.54 Å². The van der Waals surface area contributed by atoms with Gasteiger partial charge in [-0.1, -0.05) is 42.7 Å². The average Bonchev–Trinajstić information content (AvgIpc) is 3.19. The Kier molecular flexibility index (Phi) is 4.88. The molecule has 0 spiro atoms. The van der Waals surface area contributed by atoms with E-state index in [1.807, 2.05) is 6.20 Å². The monoisotopic (exact) mass is 314 g/mol. The van der Waals surface area contributed by atoms with E-state index in [0.717, 1.165) is 24.3 Å². The zero-order chi connectivity index (χ0) is 15.4. The van der Waals surface area contributed by atoms with Gasteiger partial charge < -0.3 is 5.32 Å². The molecule has 1 N–H and O–H groups in total. The van der Waals surface area contributed by atoms with Gasteiger partial charge in [0, 0.05) is 23.4 Å². The van der Waals surface area contributed by atoms with Gasteiger partial charge in [0.15, 0.2) is 0 Å². The largest absolute Gasteiger partial charge is 0.349 e. The standard InChI is InChI=1S/C18H22N2OS/c1-13-6-8-14(9-7-13)10-16-11-19-17(22-16)12-20-18(21)15-4-2-3-5-15/h6-9,11,15H,2-5,10,12H2,1H3,(H,20,21). The number of carbonyl (C=O) groups excluding carboxylic acids is 1. The van der Waals surface area contributed by atoms with Gasteiger partial charge in [0.25, 0.3) is 0 Å². The molecule has 0 radical (unpaired) electrons. The molecule has 4 heteroatoms. The number of hydrogen-bond acceptors (Lipinski definition) is 3. The second-order valence-electron chi connectivity index (χ2n) is 6.08. The van der Waals surface area contributed by atoms with Crippen LogP contribution in [0.5, 0.6) is 0 Å². The molecule has 1 amide bonds. The minimum absolute atomic E-state index is 0.202. The van der Waals surface area contributed by atoms with Crippen molar-refractivity contribution >= 4 is 17.2 Å². The highest BCUT2D eigenvalue weighted by Gasteiger charge is 2.22. The Morgan fingerprint density at radius 3 is 2.73 bits per heavy atom. The Balaban J connectivity index is 1.52. The van der Waals surface area contributed by atoms with Crippen molar-refractivity contribution < 1.29 is 4.79 Å². The van der Waals surface area contributed by atoms with Gasteiger partial charge in [0.2, 0.25) is 5.91 Å². The molecule has 0 bridgehead atoms. The van der Waals surface area contributed by atoms with Crippen molar-refractivity contribution in [2.45, 2.75) is 45.6 Å². The summed E-state index contributed by atoms with van der Waals surface area (Å²) < 4.78 is 0. The molecule has 3 rings (SSSR count). The van der Waals surface area contributed by atoms with Crippen molar-refractivity contribution in [3.63, 3.8) is 0 Å². The molecular weight excluding hydrogens is 292 g/mol. The summed E-state index contributed by atoms with van der Waals surface area (Å²) in [4.78, 5) is 17.7. The maximum Gasteiger partial charge on any atom is 0.223 e. The van der Waals surface area contributed by atoms with Gasteiger partial charge in [0.1, 0.15) is 5.01 Å². The Bertz CT molecular complexity index is 627. The number of rotatable bonds is 5. The lowest BCUT2D eigenvalue weighted by Gasteiger charge is -2.08. The lowest BCUT2D eigenvalue weighted by Crippen LogP contribution is -2.28. The van der Waals surface area contributed by atoms with Gasteiger partial charge in [-0.15, -0.1) is 11.3 Å². The fourth-order valence-electron chi connectivity index (χ4n) is 2.91. The molecule has 1 saturated carbocycles. The van der Waals surface area contributed by atoms with Crippen LogP contribution in [-0.4, -0.2) is 10.9 Å². The number of benzene rings is 1. The molecule has 0 saturated heterocycles. The summed E-state index contributed by atoms with van der Waals surface area (Å²) in [7, 11) is 0. The van der Waals surface area contributed by atoms with Crippen LogP contribution in [0.4, 0.5) is 0 Å². The minimum Gasteiger partial charge on any atom is -0.349 e. The van der Waals surface area contributed by atoms with Crippen LogP contribution in [-0.2, 0) is 17.8 Å². The van der Waals surface area contributed by atoms with Gasteiger partial charge in [-0.25, -0.2) is 4.98 Å². The van der Waals surface area contributed by atoms with E-state index in [1.165, 1.54) is 28.8 Å². The van der Waals surface area contributed by atoms with Gasteiger partial charge in [-0.05, 0) is 25.3 Å². The lowest BCUT2D eigenvalue weighted by atomic mass is 10.1. The molecule has 0 atom stereocenters. The molecular formula is C18H22N2OS. The molecule has 1 aromatic heterocycles. The summed E-state index contributed by atoms with van der Waals surface area (Å²) >= 11 is 1.69. The summed E-state index contributed by atoms with van der Waals surface area (Å²) in [5, 5.41) is 4.03. The van der Waals surface area contributed by atoms with Gasteiger partial charge in [-0.2, -0.15) is 0 Å². The van der Waals surface area contributed by atoms with Crippen molar-refractivity contribution in [1.29, 1.82) is 0 Å². The summed E-state index contributed by atoms with van der Waals surface area (Å²) in [5.41, 5.74) is 2.58. The number of carbonyl (C=O) groups is 1. The van der Waals surface area contributed by atoms with E-state index in [2.05, 4.69) is 41.5 Å². The molecule has 2 aromatic rings. The topological polar surface area (TPSA) is 42.0 Å². The summed E-state index contributed by atoms with van der Waals surface area (Å²) in [6.45, 7) is 2.66. The van der Waals surface area contributed by atoms with Crippen LogP contribution in [0, 0.1) is 12.8 Å². The molecule has 3 nitrogen and oxygen atoms in total. The quantitative estimate of drug-likeness (QED) is 0.911. The van der Waals surface area contributed by atoms with Crippen molar-refractivity contribution in [3.05, 3.63) is 51.5 Å². The van der Waals surface area contributed by atoms with E-state index in [0.29, 0.717) is 6.54 Å². The number of hydrogen-bond donors (Lipinski definition) is 1. The number of nitrogens with one attached hydrogen (secondary N) is 1. The van der Waals surface area contributed by atoms with Crippen molar-refractivity contribution in [3.8, 4) is 0 Å². The first-order valence-corrected chi connectivity index (χ1v) is 8.79. The van der Waals surface area contributed by atoms with Crippen molar-refractivity contribution in [2.75, 3.05) is 0 Å². The SMILES string of the molecule is Cc1ccc(Cc2cnc(CNC(=O)C3CCCC3)s2)cc1. The normalized spacial score (nSPS) is 15.1. The smallest absolute Gasteiger partial charge is 0.223 e. The van der Waals surface area contributed by atoms with Crippen LogP contribution in [0.2, 0.25) is 0 Å². The van der Waals surface area contributed by atoms with Gasteiger partial charge in [-0.3, -0.25) is 4.79 Å². The number of thiazole rings is 1. The average molecular weight is 314 g/mol. The molecule has 1 aliphatic carbocycles. The third-order valence-corrected chi connectivity index (χ3v) is 5.24. The molecule has 116 valence electrons. The van der Waals surface area contributed by atoms with Crippen molar-refractivity contribution in [1.82, 2.24) is 10.3 Å². The number of amides is 1. The lowest BCUT2D eigenvalue weighted by molar-refractivity contribution is -0.124. The van der Waals surface area contributed by atoms with E-state index in [1.54, 1.807) is 11.3 Å². The first-order valence-electron chi connectivity index (χ1n) is 7.97. The highest BCUT2D eigenvalue weighted by atomic mass is 32.1. The molecule has 1 fully saturated rings. The van der Waals surface area contributed by atoms with E-state index in [9.17, 15) is 4.79 Å². The van der Waals surface area contributed by atoms with E-state index < -0.39 is 0 Å². The molecule has 1 aliphatic rings. The van der Waals surface area contributed by atoms with Gasteiger partial charge >= 0.3 is 0 Å². The Morgan fingerprint density at radius 1 is 1.27 bits per heavy atom. The summed E-state index contributed by atoms with van der Waals surface area (Å²) in [6, 6.07) is 8.60. The van der Waals surface area contributed by atoms with Crippen LogP contribution >= 0.6 is 11.3 Å². The predicted molar refractivity (Wildman–Crippen MR) is 89.9 cm³/mol. The van der Waals surface area contributed by atoms with E-state index in [4.69, 9.17) is 0 Å². The number of nitrogens with zero attached hydrogens (tertiary/aromatic N) is 1.